The lowest BCUT2D eigenvalue weighted by Crippen LogP contribution is -2.22. The molecule has 0 bridgehead atoms. The van der Waals surface area contributed by atoms with Crippen LogP contribution < -0.4 is 14.8 Å². The minimum Gasteiger partial charge on any atom is -0.497 e. The van der Waals surface area contributed by atoms with Crippen LogP contribution in [0.5, 0.6) is 11.5 Å². The van der Waals surface area contributed by atoms with Gasteiger partial charge in [0.15, 0.2) is 0 Å². The third-order valence-electron chi connectivity index (χ3n) is 3.10. The molecule has 0 saturated carbocycles. The zero-order valence-corrected chi connectivity index (χ0v) is 13.8. The fourth-order valence-electron chi connectivity index (χ4n) is 1.82. The Morgan fingerprint density at radius 3 is 2.62 bits per heavy atom. The van der Waals surface area contributed by atoms with Crippen LogP contribution in [0.1, 0.15) is 39.2 Å². The van der Waals surface area contributed by atoms with Crippen molar-refractivity contribution < 1.29 is 14.2 Å². The van der Waals surface area contributed by atoms with E-state index in [0.717, 1.165) is 43.1 Å². The molecule has 1 aromatic carbocycles. The Balaban J connectivity index is 2.51. The Bertz CT molecular complexity index is 394. The molecule has 0 aromatic heterocycles. The first-order chi connectivity index (χ1) is 10.2. The molecule has 0 spiro atoms. The van der Waals surface area contributed by atoms with Crippen LogP contribution in [0.4, 0.5) is 0 Å². The molecule has 0 fully saturated rings. The number of ether oxygens (including phenoxy) is 3. The zero-order chi connectivity index (χ0) is 15.5. The van der Waals surface area contributed by atoms with Crippen LogP contribution in [0.2, 0.25) is 0 Å². The van der Waals surface area contributed by atoms with Crippen LogP contribution in [0.3, 0.4) is 0 Å². The summed E-state index contributed by atoms with van der Waals surface area (Å²) in [6, 6.07) is 6.38. The van der Waals surface area contributed by atoms with Crippen LogP contribution in [0.25, 0.3) is 0 Å². The highest BCUT2D eigenvalue weighted by atomic mass is 16.5. The van der Waals surface area contributed by atoms with Gasteiger partial charge < -0.3 is 19.5 Å². The number of nitrogens with one attached hydrogen (secondary N) is 1. The van der Waals surface area contributed by atoms with Crippen LogP contribution in [0, 0.1) is 0 Å². The normalized spacial score (nSPS) is 10.9. The van der Waals surface area contributed by atoms with E-state index in [2.05, 4.69) is 26.1 Å². The van der Waals surface area contributed by atoms with Gasteiger partial charge in [0.1, 0.15) is 18.1 Å². The molecular weight excluding hydrogens is 266 g/mol. The van der Waals surface area contributed by atoms with E-state index in [0.29, 0.717) is 19.3 Å². The number of unbranched alkanes of at least 4 members (excludes halogenated alkanes) is 1. The van der Waals surface area contributed by atoms with Crippen molar-refractivity contribution in [3.05, 3.63) is 23.8 Å². The maximum Gasteiger partial charge on any atom is 0.127 e. The molecule has 21 heavy (non-hydrogen) atoms. The molecule has 0 aliphatic carbocycles. The van der Waals surface area contributed by atoms with Crippen molar-refractivity contribution in [2.75, 3.05) is 26.9 Å². The van der Waals surface area contributed by atoms with E-state index in [1.165, 1.54) is 0 Å². The second-order valence-electron chi connectivity index (χ2n) is 5.32. The van der Waals surface area contributed by atoms with E-state index in [-0.39, 0.29) is 0 Å². The van der Waals surface area contributed by atoms with Gasteiger partial charge in [-0.25, -0.2) is 0 Å². The minimum absolute atomic E-state index is 0.442. The highest BCUT2D eigenvalue weighted by Crippen LogP contribution is 2.25. The number of hydrogen-bond donors (Lipinski definition) is 1. The molecule has 1 N–H and O–H groups in total. The summed E-state index contributed by atoms with van der Waals surface area (Å²) in [6.45, 7) is 9.19. The maximum absolute atomic E-state index is 5.85. The van der Waals surface area contributed by atoms with E-state index < -0.39 is 0 Å². The molecule has 0 aliphatic heterocycles. The lowest BCUT2D eigenvalue weighted by molar-refractivity contribution is 0.0976. The smallest absolute Gasteiger partial charge is 0.127 e. The lowest BCUT2D eigenvalue weighted by atomic mass is 10.2. The Morgan fingerprint density at radius 1 is 1.14 bits per heavy atom. The molecule has 4 heteroatoms. The average molecular weight is 295 g/mol. The molecule has 120 valence electrons. The Hall–Kier alpha value is -1.26. The summed E-state index contributed by atoms with van der Waals surface area (Å²) in [4.78, 5) is 0. The van der Waals surface area contributed by atoms with Gasteiger partial charge in [0.05, 0.1) is 13.7 Å². The van der Waals surface area contributed by atoms with Crippen LogP contribution in [-0.4, -0.2) is 33.0 Å². The molecule has 4 nitrogen and oxygen atoms in total. The molecular formula is C17H29NO3. The van der Waals surface area contributed by atoms with E-state index in [1.54, 1.807) is 7.11 Å². The molecule has 1 rings (SSSR count). The van der Waals surface area contributed by atoms with Gasteiger partial charge in [-0.15, -0.1) is 0 Å². The molecule has 0 amide bonds. The number of benzene rings is 1. The van der Waals surface area contributed by atoms with Crippen LogP contribution >= 0.6 is 0 Å². The second kappa shape index (κ2) is 10.5. The first-order valence-electron chi connectivity index (χ1n) is 7.78. The van der Waals surface area contributed by atoms with E-state index >= 15 is 0 Å². The summed E-state index contributed by atoms with van der Waals surface area (Å²) in [5.74, 6) is 1.67. The van der Waals surface area contributed by atoms with Crippen molar-refractivity contribution in [3.8, 4) is 11.5 Å². The predicted molar refractivity (Wildman–Crippen MR) is 86.2 cm³/mol. The fourth-order valence-corrected chi connectivity index (χ4v) is 1.82. The molecule has 0 atom stereocenters. The van der Waals surface area contributed by atoms with Gasteiger partial charge in [-0.3, -0.25) is 0 Å². The van der Waals surface area contributed by atoms with E-state index in [1.807, 2.05) is 18.2 Å². The van der Waals surface area contributed by atoms with Crippen molar-refractivity contribution in [2.45, 2.75) is 46.2 Å². The summed E-state index contributed by atoms with van der Waals surface area (Å²) in [5, 5.41) is 3.41. The third kappa shape index (κ3) is 7.34. The van der Waals surface area contributed by atoms with Gasteiger partial charge in [0.2, 0.25) is 0 Å². The van der Waals surface area contributed by atoms with Gasteiger partial charge in [-0.2, -0.15) is 0 Å². The number of hydrogen-bond acceptors (Lipinski definition) is 4. The van der Waals surface area contributed by atoms with Crippen molar-refractivity contribution in [2.24, 2.45) is 0 Å². The molecule has 0 aliphatic rings. The summed E-state index contributed by atoms with van der Waals surface area (Å²) in [5.41, 5.74) is 1.14. The van der Waals surface area contributed by atoms with Gasteiger partial charge in [-0.1, -0.05) is 33.3 Å². The van der Waals surface area contributed by atoms with Crippen molar-refractivity contribution in [1.29, 1.82) is 0 Å². The SMILES string of the molecule is CCCCOCCOc1cc(OC)ccc1CNC(C)C. The highest BCUT2D eigenvalue weighted by Gasteiger charge is 2.06. The van der Waals surface area contributed by atoms with Crippen molar-refractivity contribution in [3.63, 3.8) is 0 Å². The van der Waals surface area contributed by atoms with E-state index in [9.17, 15) is 0 Å². The fraction of sp³-hybridized carbons (Fsp3) is 0.647. The summed E-state index contributed by atoms with van der Waals surface area (Å²) in [7, 11) is 1.67. The summed E-state index contributed by atoms with van der Waals surface area (Å²) >= 11 is 0. The number of rotatable bonds is 11. The van der Waals surface area contributed by atoms with Gasteiger partial charge in [0.25, 0.3) is 0 Å². The van der Waals surface area contributed by atoms with Gasteiger partial charge in [-0.05, 0) is 12.5 Å². The Labute approximate surface area is 128 Å². The molecule has 0 unspecified atom stereocenters. The van der Waals surface area contributed by atoms with E-state index in [4.69, 9.17) is 14.2 Å². The highest BCUT2D eigenvalue weighted by molar-refractivity contribution is 5.40. The standard InChI is InChI=1S/C17H29NO3/c1-5-6-9-20-10-11-21-17-12-16(19-4)8-7-15(17)13-18-14(2)3/h7-8,12,14,18H,5-6,9-11,13H2,1-4H3. The topological polar surface area (TPSA) is 39.7 Å². The maximum atomic E-state index is 5.85. The molecule has 0 radical (unpaired) electrons. The quantitative estimate of drug-likeness (QED) is 0.635. The molecule has 1 aromatic rings. The minimum atomic E-state index is 0.442. The predicted octanol–water partition coefficient (Wildman–Crippen LogP) is 3.39. The zero-order valence-electron chi connectivity index (χ0n) is 13.8. The largest absolute Gasteiger partial charge is 0.497 e. The first kappa shape index (κ1) is 17.8. The van der Waals surface area contributed by atoms with Crippen molar-refractivity contribution in [1.82, 2.24) is 5.32 Å². The first-order valence-corrected chi connectivity index (χ1v) is 7.78. The average Bonchev–Trinajstić information content (AvgIpc) is 2.49. The second-order valence-corrected chi connectivity index (χ2v) is 5.32. The van der Waals surface area contributed by atoms with Crippen LogP contribution in [-0.2, 0) is 11.3 Å². The Kier molecular flexibility index (Phi) is 8.87. The van der Waals surface area contributed by atoms with Crippen LogP contribution in [0.15, 0.2) is 18.2 Å². The monoisotopic (exact) mass is 295 g/mol. The summed E-state index contributed by atoms with van der Waals surface area (Å²) < 4.78 is 16.6. The number of methoxy groups -OCH3 is 1. The molecule has 0 heterocycles. The van der Waals surface area contributed by atoms with Gasteiger partial charge >= 0.3 is 0 Å². The molecule has 0 saturated heterocycles. The Morgan fingerprint density at radius 2 is 1.95 bits per heavy atom. The van der Waals surface area contributed by atoms with Gasteiger partial charge in [0, 0.05) is 30.8 Å². The summed E-state index contributed by atoms with van der Waals surface area (Å²) in [6.07, 6.45) is 2.25. The van der Waals surface area contributed by atoms with Crippen molar-refractivity contribution >= 4 is 0 Å². The third-order valence-corrected chi connectivity index (χ3v) is 3.10. The lowest BCUT2D eigenvalue weighted by Gasteiger charge is -2.15.